The number of thiazole rings is 1. The highest BCUT2D eigenvalue weighted by molar-refractivity contribution is 7.09. The van der Waals surface area contributed by atoms with E-state index in [-0.39, 0.29) is 29.9 Å². The van der Waals surface area contributed by atoms with E-state index in [4.69, 9.17) is 5.73 Å². The minimum Gasteiger partial charge on any atom is -0.504 e. The third kappa shape index (κ3) is 3.99. The first-order chi connectivity index (χ1) is 9.97. The van der Waals surface area contributed by atoms with Crippen molar-refractivity contribution in [1.82, 2.24) is 9.97 Å². The van der Waals surface area contributed by atoms with Gasteiger partial charge in [-0.1, -0.05) is 13.8 Å². The minimum absolute atomic E-state index is 0.0633. The number of nitrogens with zero attached hydrogens (tertiary/aromatic N) is 2. The maximum Gasteiger partial charge on any atom is 0.231 e. The first-order valence-electron chi connectivity index (χ1n) is 6.61. The largest absolute Gasteiger partial charge is 0.504 e. The average molecular weight is 306 g/mol. The van der Waals surface area contributed by atoms with Gasteiger partial charge in [-0.2, -0.15) is 0 Å². The summed E-state index contributed by atoms with van der Waals surface area (Å²) in [6, 6.07) is 2.93. The number of rotatable bonds is 5. The molecule has 6 nitrogen and oxygen atoms in total. The molecule has 0 aliphatic rings. The summed E-state index contributed by atoms with van der Waals surface area (Å²) in [6.07, 6.45) is 1.62. The maximum absolute atomic E-state index is 11.9. The molecule has 4 N–H and O–H groups in total. The van der Waals surface area contributed by atoms with Gasteiger partial charge in [0.1, 0.15) is 5.01 Å². The lowest BCUT2D eigenvalue weighted by Gasteiger charge is -2.11. The van der Waals surface area contributed by atoms with E-state index in [2.05, 4.69) is 15.3 Å². The summed E-state index contributed by atoms with van der Waals surface area (Å²) >= 11 is 1.46. The maximum atomic E-state index is 11.9. The highest BCUT2D eigenvalue weighted by atomic mass is 32.1. The summed E-state index contributed by atoms with van der Waals surface area (Å²) in [6.45, 7) is 4.06. The fraction of sp³-hybridized carbons (Fsp3) is 0.357. The van der Waals surface area contributed by atoms with Crippen molar-refractivity contribution in [3.05, 3.63) is 34.4 Å². The molecule has 2 aromatic heterocycles. The predicted octanol–water partition coefficient (Wildman–Crippen LogP) is 2.08. The zero-order valence-electron chi connectivity index (χ0n) is 11.9. The first kappa shape index (κ1) is 15.4. The number of amides is 1. The van der Waals surface area contributed by atoms with Crippen LogP contribution < -0.4 is 11.1 Å². The van der Waals surface area contributed by atoms with Crippen molar-refractivity contribution in [2.75, 3.05) is 5.32 Å². The van der Waals surface area contributed by atoms with Crippen molar-refractivity contribution < 1.29 is 9.90 Å². The molecule has 0 spiro atoms. The van der Waals surface area contributed by atoms with Gasteiger partial charge in [0.2, 0.25) is 5.91 Å². The standard InChI is InChI=1S/C14H18N4O2S/c1-8(2)12(15)14-17-9(7-21-14)6-11(20)18-13-10(19)4-3-5-16-13/h3-5,7-8,12,19H,6,15H2,1-2H3,(H,16,18,20). The quantitative estimate of drug-likeness (QED) is 0.785. The predicted molar refractivity (Wildman–Crippen MR) is 82.1 cm³/mol. The Morgan fingerprint density at radius 1 is 1.52 bits per heavy atom. The van der Waals surface area contributed by atoms with E-state index in [1.54, 1.807) is 6.07 Å². The normalized spacial score (nSPS) is 12.4. The summed E-state index contributed by atoms with van der Waals surface area (Å²) in [4.78, 5) is 20.2. The topological polar surface area (TPSA) is 101 Å². The summed E-state index contributed by atoms with van der Waals surface area (Å²) in [5.74, 6) is 0.103. The Balaban J connectivity index is 1.99. The van der Waals surface area contributed by atoms with Crippen molar-refractivity contribution in [3.8, 4) is 5.75 Å². The second-order valence-corrected chi connectivity index (χ2v) is 5.93. The smallest absolute Gasteiger partial charge is 0.231 e. The molecule has 0 bridgehead atoms. The molecule has 1 amide bonds. The summed E-state index contributed by atoms with van der Waals surface area (Å²) < 4.78 is 0. The second-order valence-electron chi connectivity index (χ2n) is 5.04. The molecule has 112 valence electrons. The Morgan fingerprint density at radius 2 is 2.29 bits per heavy atom. The van der Waals surface area contributed by atoms with E-state index in [9.17, 15) is 9.90 Å². The zero-order chi connectivity index (χ0) is 15.4. The minimum atomic E-state index is -0.279. The van der Waals surface area contributed by atoms with Gasteiger partial charge in [0.05, 0.1) is 18.2 Å². The van der Waals surface area contributed by atoms with Crippen LogP contribution in [0.15, 0.2) is 23.7 Å². The Labute approximate surface area is 127 Å². The lowest BCUT2D eigenvalue weighted by atomic mass is 10.1. The molecule has 0 aliphatic heterocycles. The highest BCUT2D eigenvalue weighted by Crippen LogP contribution is 2.23. The van der Waals surface area contributed by atoms with Gasteiger partial charge in [-0.25, -0.2) is 9.97 Å². The molecule has 7 heteroatoms. The highest BCUT2D eigenvalue weighted by Gasteiger charge is 2.16. The number of hydrogen-bond acceptors (Lipinski definition) is 6. The Kier molecular flexibility index (Phi) is 4.87. The lowest BCUT2D eigenvalue weighted by Crippen LogP contribution is -2.18. The molecular weight excluding hydrogens is 288 g/mol. The van der Waals surface area contributed by atoms with Crippen LogP contribution in [-0.2, 0) is 11.2 Å². The van der Waals surface area contributed by atoms with Crippen molar-refractivity contribution in [2.24, 2.45) is 11.7 Å². The van der Waals surface area contributed by atoms with Crippen LogP contribution in [0.5, 0.6) is 5.75 Å². The van der Waals surface area contributed by atoms with Crippen LogP contribution in [0.3, 0.4) is 0 Å². The number of carbonyl (C=O) groups is 1. The van der Waals surface area contributed by atoms with Gasteiger partial charge >= 0.3 is 0 Å². The fourth-order valence-corrected chi connectivity index (χ4v) is 2.67. The van der Waals surface area contributed by atoms with Gasteiger partial charge in [0.25, 0.3) is 0 Å². The van der Waals surface area contributed by atoms with Crippen molar-refractivity contribution >= 4 is 23.1 Å². The Hall–Kier alpha value is -1.99. The molecule has 2 aromatic rings. The first-order valence-corrected chi connectivity index (χ1v) is 7.49. The molecule has 2 heterocycles. The van der Waals surface area contributed by atoms with E-state index < -0.39 is 0 Å². The summed E-state index contributed by atoms with van der Waals surface area (Å²) in [5, 5.41) is 14.8. The molecule has 0 fully saturated rings. The van der Waals surface area contributed by atoms with Crippen LogP contribution in [0.1, 0.15) is 30.6 Å². The van der Waals surface area contributed by atoms with E-state index >= 15 is 0 Å². The average Bonchev–Trinajstić information content (AvgIpc) is 2.88. The summed E-state index contributed by atoms with van der Waals surface area (Å²) in [7, 11) is 0. The molecular formula is C14H18N4O2S. The SMILES string of the molecule is CC(C)C(N)c1nc(CC(=O)Nc2ncccc2O)cs1. The zero-order valence-corrected chi connectivity index (χ0v) is 12.7. The van der Waals surface area contributed by atoms with Gasteiger partial charge in [-0.05, 0) is 18.1 Å². The second kappa shape index (κ2) is 6.64. The van der Waals surface area contributed by atoms with Gasteiger partial charge in [0, 0.05) is 11.6 Å². The van der Waals surface area contributed by atoms with E-state index in [1.807, 2.05) is 19.2 Å². The fourth-order valence-electron chi connectivity index (χ4n) is 1.68. The molecule has 2 rings (SSSR count). The number of nitrogens with one attached hydrogen (secondary N) is 1. The molecule has 1 atom stereocenters. The van der Waals surface area contributed by atoms with E-state index in [0.717, 1.165) is 5.01 Å². The van der Waals surface area contributed by atoms with Gasteiger partial charge < -0.3 is 16.2 Å². The molecule has 0 saturated carbocycles. The summed E-state index contributed by atoms with van der Waals surface area (Å²) in [5.41, 5.74) is 6.70. The lowest BCUT2D eigenvalue weighted by molar-refractivity contribution is -0.115. The van der Waals surface area contributed by atoms with Gasteiger partial charge in [0.15, 0.2) is 11.6 Å². The molecule has 21 heavy (non-hydrogen) atoms. The van der Waals surface area contributed by atoms with Crippen LogP contribution in [0.2, 0.25) is 0 Å². The van der Waals surface area contributed by atoms with Gasteiger partial charge in [-0.15, -0.1) is 11.3 Å². The number of carbonyl (C=O) groups excluding carboxylic acids is 1. The van der Waals surface area contributed by atoms with Crippen molar-refractivity contribution in [1.29, 1.82) is 0 Å². The third-order valence-corrected chi connectivity index (χ3v) is 3.95. The Morgan fingerprint density at radius 3 is 2.95 bits per heavy atom. The van der Waals surface area contributed by atoms with Crippen LogP contribution in [0.25, 0.3) is 0 Å². The molecule has 0 aliphatic carbocycles. The Bertz CT molecular complexity index is 627. The third-order valence-electron chi connectivity index (χ3n) is 2.96. The van der Waals surface area contributed by atoms with Crippen LogP contribution in [0, 0.1) is 5.92 Å². The van der Waals surface area contributed by atoms with Crippen LogP contribution >= 0.6 is 11.3 Å². The number of hydrogen-bond donors (Lipinski definition) is 3. The van der Waals surface area contributed by atoms with E-state index in [1.165, 1.54) is 23.6 Å². The number of aromatic hydroxyl groups is 1. The molecule has 1 unspecified atom stereocenters. The van der Waals surface area contributed by atoms with Crippen LogP contribution in [0.4, 0.5) is 5.82 Å². The monoisotopic (exact) mass is 306 g/mol. The van der Waals surface area contributed by atoms with Crippen LogP contribution in [-0.4, -0.2) is 21.0 Å². The van der Waals surface area contributed by atoms with E-state index in [0.29, 0.717) is 11.6 Å². The number of anilines is 1. The molecule has 0 aromatic carbocycles. The van der Waals surface area contributed by atoms with Crippen molar-refractivity contribution in [2.45, 2.75) is 26.3 Å². The number of aromatic nitrogens is 2. The van der Waals surface area contributed by atoms with Crippen molar-refractivity contribution in [3.63, 3.8) is 0 Å². The van der Waals surface area contributed by atoms with Gasteiger partial charge in [-0.3, -0.25) is 4.79 Å². The molecule has 0 radical (unpaired) electrons. The number of nitrogens with two attached hydrogens (primary N) is 1. The molecule has 0 saturated heterocycles. The number of pyridine rings is 1.